The van der Waals surface area contributed by atoms with Gasteiger partial charge in [-0.2, -0.15) is 0 Å². The fraction of sp³-hybridized carbons (Fsp3) is 0.750. The van der Waals surface area contributed by atoms with Crippen LogP contribution in [0.2, 0.25) is 38.3 Å². The Hall–Kier alpha value is -0.396. The molecule has 0 aromatic rings. The van der Waals surface area contributed by atoms with E-state index in [1.165, 1.54) is 6.08 Å². The highest BCUT2D eigenvalue weighted by molar-refractivity contribution is 6.85. The lowest BCUT2D eigenvalue weighted by molar-refractivity contribution is -0.142. The molecule has 3 nitrogen and oxygen atoms in total. The molecule has 0 aliphatic heterocycles. The quantitative estimate of drug-likeness (QED) is 0.422. The summed E-state index contributed by atoms with van der Waals surface area (Å²) in [5.74, 6) is -0.359. The average Bonchev–Trinajstić information content (AvgIpc) is 2.12. The fourth-order valence-corrected chi connectivity index (χ4v) is 10.0. The normalized spacial score (nSPS) is 16.2. The minimum atomic E-state index is -1.83. The third-order valence-corrected chi connectivity index (χ3v) is 10.1. The van der Waals surface area contributed by atoms with Crippen LogP contribution in [0, 0.1) is 0 Å². The molecule has 0 saturated carbocycles. The lowest BCUT2D eigenvalue weighted by Gasteiger charge is -2.38. The molecule has 2 atom stereocenters. The van der Waals surface area contributed by atoms with Gasteiger partial charge in [0.15, 0.2) is 16.6 Å². The first kappa shape index (κ1) is 16.6. The minimum Gasteiger partial charge on any atom is -0.459 e. The van der Waals surface area contributed by atoms with E-state index >= 15 is 0 Å². The van der Waals surface area contributed by atoms with Crippen molar-refractivity contribution in [1.29, 1.82) is 0 Å². The Morgan fingerprint density at radius 2 is 1.65 bits per heavy atom. The first-order valence-corrected chi connectivity index (χ1v) is 12.4. The zero-order valence-electron chi connectivity index (χ0n) is 12.2. The van der Waals surface area contributed by atoms with Crippen molar-refractivity contribution in [2.75, 3.05) is 0 Å². The van der Waals surface area contributed by atoms with Crippen molar-refractivity contribution >= 4 is 22.6 Å². The van der Waals surface area contributed by atoms with Gasteiger partial charge in [-0.05, 0) is 39.7 Å². The zero-order valence-corrected chi connectivity index (χ0v) is 14.2. The third-order valence-electron chi connectivity index (χ3n) is 2.84. The second-order valence-corrected chi connectivity index (χ2v) is 15.1. The van der Waals surface area contributed by atoms with E-state index in [9.17, 15) is 4.79 Å². The van der Waals surface area contributed by atoms with Gasteiger partial charge in [-0.15, -0.1) is 0 Å². The van der Waals surface area contributed by atoms with E-state index in [2.05, 4.69) is 46.2 Å². The molecule has 0 rings (SSSR count). The summed E-state index contributed by atoms with van der Waals surface area (Å²) in [4.78, 5) is 11.2. The Bertz CT molecular complexity index is 282. The largest absolute Gasteiger partial charge is 0.459 e. The molecule has 0 saturated heterocycles. The van der Waals surface area contributed by atoms with Crippen LogP contribution in [0.25, 0.3) is 0 Å². The second kappa shape index (κ2) is 5.97. The molecule has 0 heterocycles. The maximum Gasteiger partial charge on any atom is 0.330 e. The highest BCUT2D eigenvalue weighted by Crippen LogP contribution is 2.30. The van der Waals surface area contributed by atoms with Crippen LogP contribution in [0.3, 0.4) is 0 Å². The summed E-state index contributed by atoms with van der Waals surface area (Å²) in [5.41, 5.74) is 0.262. The van der Waals surface area contributed by atoms with Gasteiger partial charge < -0.3 is 8.85 Å². The number of hydrogen-bond acceptors (Lipinski definition) is 3. The Balaban J connectivity index is 4.61. The molecule has 0 aliphatic carbocycles. The average molecular weight is 275 g/mol. The summed E-state index contributed by atoms with van der Waals surface area (Å²) in [5, 5.41) is 0. The Labute approximate surface area is 107 Å². The van der Waals surface area contributed by atoms with Gasteiger partial charge in [0.2, 0.25) is 0 Å². The van der Waals surface area contributed by atoms with Gasteiger partial charge >= 0.3 is 5.97 Å². The summed E-state index contributed by atoms with van der Waals surface area (Å²) in [6.07, 6.45) is 1.08. The highest BCUT2D eigenvalue weighted by atomic mass is 28.4. The van der Waals surface area contributed by atoms with E-state index < -0.39 is 16.6 Å². The minimum absolute atomic E-state index is 0.126. The van der Waals surface area contributed by atoms with Crippen LogP contribution in [0.1, 0.15) is 13.8 Å². The molecule has 0 aromatic carbocycles. The lowest BCUT2D eigenvalue weighted by Crippen LogP contribution is -2.48. The molecule has 2 unspecified atom stereocenters. The standard InChI is InChI=1S/C12H26O3Si2/c1-9-12(13)14-10(2)11(3)17(7,8)15-16(4,5)6/h9-11H,1H2,2-8H3. The van der Waals surface area contributed by atoms with Crippen LogP contribution in [0.15, 0.2) is 12.7 Å². The Morgan fingerprint density at radius 1 is 1.18 bits per heavy atom. The van der Waals surface area contributed by atoms with E-state index in [1.807, 2.05) is 6.92 Å². The van der Waals surface area contributed by atoms with Gasteiger partial charge in [-0.1, -0.05) is 13.5 Å². The zero-order chi connectivity index (χ0) is 13.9. The maximum atomic E-state index is 11.2. The van der Waals surface area contributed by atoms with E-state index in [0.717, 1.165) is 0 Å². The van der Waals surface area contributed by atoms with Gasteiger partial charge in [-0.3, -0.25) is 0 Å². The van der Waals surface area contributed by atoms with Crippen molar-refractivity contribution in [3.05, 3.63) is 12.7 Å². The highest BCUT2D eigenvalue weighted by Gasteiger charge is 2.38. The first-order valence-electron chi connectivity index (χ1n) is 6.03. The monoisotopic (exact) mass is 274 g/mol. The van der Waals surface area contributed by atoms with Crippen LogP contribution >= 0.6 is 0 Å². The summed E-state index contributed by atoms with van der Waals surface area (Å²) < 4.78 is 11.6. The Kier molecular flexibility index (Phi) is 5.83. The molecule has 0 fully saturated rings. The Morgan fingerprint density at radius 3 is 2.00 bits per heavy atom. The predicted molar refractivity (Wildman–Crippen MR) is 77.1 cm³/mol. The molecule has 100 valence electrons. The third kappa shape index (κ3) is 6.19. The molecule has 17 heavy (non-hydrogen) atoms. The number of rotatable bonds is 6. The number of carbonyl (C=O) groups excluding carboxylic acids is 1. The molecular formula is C12H26O3Si2. The number of hydrogen-bond donors (Lipinski definition) is 0. The smallest absolute Gasteiger partial charge is 0.330 e. The van der Waals surface area contributed by atoms with E-state index in [-0.39, 0.29) is 17.6 Å². The first-order chi connectivity index (χ1) is 7.49. The molecular weight excluding hydrogens is 248 g/mol. The number of ether oxygens (including phenoxy) is 1. The van der Waals surface area contributed by atoms with Crippen molar-refractivity contribution in [2.45, 2.75) is 58.2 Å². The van der Waals surface area contributed by atoms with Crippen LogP contribution in [-0.2, 0) is 13.6 Å². The van der Waals surface area contributed by atoms with Crippen molar-refractivity contribution in [2.24, 2.45) is 0 Å². The topological polar surface area (TPSA) is 35.5 Å². The summed E-state index contributed by atoms with van der Waals surface area (Å²) in [6, 6.07) is 0. The predicted octanol–water partition coefficient (Wildman–Crippen LogP) is 3.55. The fourth-order valence-electron chi connectivity index (χ4n) is 1.78. The van der Waals surface area contributed by atoms with E-state index in [0.29, 0.717) is 0 Å². The van der Waals surface area contributed by atoms with Gasteiger partial charge in [0.1, 0.15) is 6.10 Å². The van der Waals surface area contributed by atoms with Gasteiger partial charge in [0.25, 0.3) is 0 Å². The van der Waals surface area contributed by atoms with Gasteiger partial charge in [-0.25, -0.2) is 4.79 Å². The maximum absolute atomic E-state index is 11.2. The van der Waals surface area contributed by atoms with Crippen LogP contribution in [0.5, 0.6) is 0 Å². The summed E-state index contributed by atoms with van der Waals surface area (Å²) in [7, 11) is -3.38. The summed E-state index contributed by atoms with van der Waals surface area (Å²) >= 11 is 0. The van der Waals surface area contributed by atoms with Crippen molar-refractivity contribution in [3.8, 4) is 0 Å². The number of esters is 1. The molecule has 0 amide bonds. The second-order valence-electron chi connectivity index (χ2n) is 5.95. The molecule has 0 N–H and O–H groups in total. The van der Waals surface area contributed by atoms with Crippen molar-refractivity contribution in [1.82, 2.24) is 0 Å². The summed E-state index contributed by atoms with van der Waals surface area (Å²) in [6.45, 7) is 18.4. The van der Waals surface area contributed by atoms with Gasteiger partial charge in [0.05, 0.1) is 0 Å². The molecule has 0 aliphatic rings. The molecule has 0 bridgehead atoms. The van der Waals surface area contributed by atoms with Crippen LogP contribution < -0.4 is 0 Å². The van der Waals surface area contributed by atoms with Crippen molar-refractivity contribution < 1.29 is 13.6 Å². The van der Waals surface area contributed by atoms with E-state index in [4.69, 9.17) is 8.85 Å². The van der Waals surface area contributed by atoms with E-state index in [1.54, 1.807) is 0 Å². The lowest BCUT2D eigenvalue weighted by atomic mass is 10.3. The molecule has 0 spiro atoms. The van der Waals surface area contributed by atoms with Crippen LogP contribution in [0.4, 0.5) is 0 Å². The molecule has 0 aromatic heterocycles. The van der Waals surface area contributed by atoms with Crippen molar-refractivity contribution in [3.63, 3.8) is 0 Å². The van der Waals surface area contributed by atoms with Gasteiger partial charge in [0, 0.05) is 11.6 Å². The number of carbonyl (C=O) groups is 1. The van der Waals surface area contributed by atoms with Crippen LogP contribution in [-0.4, -0.2) is 28.7 Å². The molecule has 0 radical (unpaired) electrons. The SMILES string of the molecule is C=CC(=O)OC(C)C(C)[Si](C)(C)O[Si](C)(C)C. The molecule has 5 heteroatoms.